The summed E-state index contributed by atoms with van der Waals surface area (Å²) in [6, 6.07) is 5.56. The number of hydrogen-bond acceptors (Lipinski definition) is 5. The van der Waals surface area contributed by atoms with Gasteiger partial charge in [0.05, 0.1) is 6.33 Å². The van der Waals surface area contributed by atoms with E-state index in [-0.39, 0.29) is 16.8 Å². The zero-order valence-electron chi connectivity index (χ0n) is 16.6. The summed E-state index contributed by atoms with van der Waals surface area (Å²) in [4.78, 5) is 43.6. The predicted octanol–water partition coefficient (Wildman–Crippen LogP) is -0.285. The van der Waals surface area contributed by atoms with Crippen LogP contribution in [-0.2, 0) is 27.2 Å². The van der Waals surface area contributed by atoms with Gasteiger partial charge in [-0.3, -0.25) is 18.7 Å². The van der Waals surface area contributed by atoms with E-state index in [2.05, 4.69) is 16.0 Å². The van der Waals surface area contributed by atoms with Gasteiger partial charge in [0.1, 0.15) is 0 Å². The van der Waals surface area contributed by atoms with Crippen molar-refractivity contribution in [3.05, 3.63) is 61.4 Å². The molecule has 0 amide bonds. The Labute approximate surface area is 166 Å². The van der Waals surface area contributed by atoms with Gasteiger partial charge in [-0.05, 0) is 18.4 Å². The second-order valence-electron chi connectivity index (χ2n) is 8.27. The van der Waals surface area contributed by atoms with Gasteiger partial charge in [0, 0.05) is 64.5 Å². The number of aryl methyl sites for hydroxylation is 1. The second kappa shape index (κ2) is 6.55. The monoisotopic (exact) mass is 396 g/mol. The van der Waals surface area contributed by atoms with Crippen LogP contribution in [0.5, 0.6) is 0 Å². The molecule has 9 nitrogen and oxygen atoms in total. The Morgan fingerprint density at radius 2 is 1.86 bits per heavy atom. The quantitative estimate of drug-likeness (QED) is 0.608. The fourth-order valence-corrected chi connectivity index (χ4v) is 4.99. The third-order valence-corrected chi connectivity index (χ3v) is 6.43. The van der Waals surface area contributed by atoms with Crippen LogP contribution < -0.4 is 16.8 Å². The van der Waals surface area contributed by atoms with E-state index in [0.29, 0.717) is 29.5 Å². The average Bonchev–Trinajstić information content (AvgIpc) is 3.14. The van der Waals surface area contributed by atoms with Crippen LogP contribution in [0.25, 0.3) is 11.2 Å². The maximum absolute atomic E-state index is 12.6. The van der Waals surface area contributed by atoms with Crippen LogP contribution >= 0.6 is 0 Å². The summed E-state index contributed by atoms with van der Waals surface area (Å²) < 4.78 is 6.32. The third-order valence-electron chi connectivity index (χ3n) is 6.43. The largest absolute Gasteiger partial charge is 0.332 e. The van der Waals surface area contributed by atoms with Crippen molar-refractivity contribution in [3.63, 3.8) is 0 Å². The highest BCUT2D eigenvalue weighted by Gasteiger charge is 2.34. The molecule has 3 aromatic rings. The van der Waals surface area contributed by atoms with E-state index < -0.39 is 0 Å². The number of nitrogens with zero attached hydrogens (tertiary/aromatic N) is 6. The van der Waals surface area contributed by atoms with E-state index in [9.17, 15) is 14.4 Å². The molecule has 9 heteroatoms. The Balaban J connectivity index is 1.39. The molecular formula is C20H24N6O3. The lowest BCUT2D eigenvalue weighted by Crippen LogP contribution is -2.47. The molecule has 0 saturated carbocycles. The molecule has 2 aliphatic rings. The van der Waals surface area contributed by atoms with Gasteiger partial charge in [-0.25, -0.2) is 9.78 Å². The summed E-state index contributed by atoms with van der Waals surface area (Å²) in [5.41, 5.74) is 1.42. The van der Waals surface area contributed by atoms with Gasteiger partial charge in [0.25, 0.3) is 11.1 Å². The highest BCUT2D eigenvalue weighted by Crippen LogP contribution is 2.34. The fraction of sp³-hybridized carbons (Fsp3) is 0.500. The smallest absolute Gasteiger partial charge is 0.323 e. The highest BCUT2D eigenvalue weighted by atomic mass is 16.2. The Morgan fingerprint density at radius 1 is 1.03 bits per heavy atom. The zero-order valence-corrected chi connectivity index (χ0v) is 16.6. The number of aromatic nitrogens is 5. The van der Waals surface area contributed by atoms with Crippen molar-refractivity contribution in [3.8, 4) is 0 Å². The van der Waals surface area contributed by atoms with Crippen molar-refractivity contribution in [1.82, 2.24) is 28.2 Å². The predicted molar refractivity (Wildman–Crippen MR) is 108 cm³/mol. The molecule has 2 bridgehead atoms. The maximum Gasteiger partial charge on any atom is 0.332 e. The topological polar surface area (TPSA) is 87.1 Å². The van der Waals surface area contributed by atoms with E-state index in [1.54, 1.807) is 19.4 Å². The fourth-order valence-electron chi connectivity index (χ4n) is 4.99. The lowest BCUT2D eigenvalue weighted by atomic mass is 9.83. The summed E-state index contributed by atoms with van der Waals surface area (Å²) in [7, 11) is 3.12. The third kappa shape index (κ3) is 2.79. The average molecular weight is 396 g/mol. The minimum Gasteiger partial charge on any atom is -0.323 e. The molecule has 3 aromatic heterocycles. The van der Waals surface area contributed by atoms with Crippen LogP contribution in [0.3, 0.4) is 0 Å². The molecule has 0 spiro atoms. The number of rotatable bonds is 3. The molecule has 1 fully saturated rings. The van der Waals surface area contributed by atoms with E-state index in [1.165, 1.54) is 11.6 Å². The molecule has 2 aliphatic heterocycles. The Kier molecular flexibility index (Phi) is 4.09. The van der Waals surface area contributed by atoms with Gasteiger partial charge in [-0.1, -0.05) is 6.07 Å². The van der Waals surface area contributed by atoms with Gasteiger partial charge in [-0.2, -0.15) is 0 Å². The van der Waals surface area contributed by atoms with Crippen molar-refractivity contribution in [1.29, 1.82) is 0 Å². The number of hydrogen-bond donors (Lipinski definition) is 0. The molecule has 1 saturated heterocycles. The Morgan fingerprint density at radius 3 is 2.69 bits per heavy atom. The molecule has 2 atom stereocenters. The highest BCUT2D eigenvalue weighted by molar-refractivity contribution is 5.69. The first-order valence-electron chi connectivity index (χ1n) is 9.97. The molecule has 5 rings (SSSR count). The van der Waals surface area contributed by atoms with E-state index in [4.69, 9.17) is 0 Å². The van der Waals surface area contributed by atoms with E-state index in [1.807, 2.05) is 15.2 Å². The summed E-state index contributed by atoms with van der Waals surface area (Å²) in [5, 5.41) is 0. The molecule has 0 aromatic carbocycles. The normalized spacial score (nSPS) is 21.4. The van der Waals surface area contributed by atoms with E-state index >= 15 is 0 Å². The van der Waals surface area contributed by atoms with Crippen LogP contribution in [0.4, 0.5) is 0 Å². The van der Waals surface area contributed by atoms with Crippen LogP contribution in [-0.4, -0.2) is 47.8 Å². The van der Waals surface area contributed by atoms with Gasteiger partial charge < -0.3 is 14.0 Å². The van der Waals surface area contributed by atoms with Gasteiger partial charge in [-0.15, -0.1) is 0 Å². The summed E-state index contributed by atoms with van der Waals surface area (Å²) in [6.45, 7) is 4.05. The van der Waals surface area contributed by atoms with E-state index in [0.717, 1.165) is 42.9 Å². The second-order valence-corrected chi connectivity index (χ2v) is 8.27. The first-order valence-corrected chi connectivity index (χ1v) is 9.97. The summed E-state index contributed by atoms with van der Waals surface area (Å²) in [5.74, 6) is 0.833. The Hall–Kier alpha value is -2.94. The molecule has 0 aliphatic carbocycles. The maximum atomic E-state index is 12.6. The van der Waals surface area contributed by atoms with Crippen molar-refractivity contribution < 1.29 is 0 Å². The molecule has 0 N–H and O–H groups in total. The standard InChI is InChI=1S/C20H24N6O3/c1-22-18-17(19(28)23(2)20(22)29)25(12-21-18)7-6-24-9-13-8-14(11-24)15-4-3-5-16(27)26(15)10-13/h3-5,12-14H,6-11H2,1-2H3. The van der Waals surface area contributed by atoms with Crippen molar-refractivity contribution >= 4 is 11.2 Å². The summed E-state index contributed by atoms with van der Waals surface area (Å²) >= 11 is 0. The van der Waals surface area contributed by atoms with Crippen LogP contribution in [0.2, 0.25) is 0 Å². The van der Waals surface area contributed by atoms with Gasteiger partial charge in [0.15, 0.2) is 11.2 Å². The van der Waals surface area contributed by atoms with Gasteiger partial charge >= 0.3 is 5.69 Å². The van der Waals surface area contributed by atoms with Crippen LogP contribution in [0.15, 0.2) is 38.9 Å². The first kappa shape index (κ1) is 18.1. The van der Waals surface area contributed by atoms with Crippen molar-refractivity contribution in [2.24, 2.45) is 20.0 Å². The number of likely N-dealkylation sites (tertiary alicyclic amines) is 1. The first-order chi connectivity index (χ1) is 13.9. The molecule has 29 heavy (non-hydrogen) atoms. The molecule has 0 radical (unpaired) electrons. The number of imidazole rings is 1. The lowest BCUT2D eigenvalue weighted by Gasteiger charge is -2.42. The van der Waals surface area contributed by atoms with Crippen molar-refractivity contribution in [2.45, 2.75) is 25.4 Å². The van der Waals surface area contributed by atoms with Crippen LogP contribution in [0.1, 0.15) is 18.0 Å². The van der Waals surface area contributed by atoms with Crippen LogP contribution in [0, 0.1) is 5.92 Å². The molecular weight excluding hydrogens is 372 g/mol. The Bertz CT molecular complexity index is 1280. The van der Waals surface area contributed by atoms with Gasteiger partial charge in [0.2, 0.25) is 0 Å². The number of piperidine rings is 1. The molecule has 5 heterocycles. The number of pyridine rings is 1. The molecule has 152 valence electrons. The molecule has 2 unspecified atom stereocenters. The lowest BCUT2D eigenvalue weighted by molar-refractivity contribution is 0.117. The zero-order chi connectivity index (χ0) is 20.3. The minimum atomic E-state index is -0.370. The SMILES string of the molecule is Cn1c(=O)c2c(ncn2CCN2CC3CC(C2)c2cccc(=O)n2C3)n(C)c1=O. The summed E-state index contributed by atoms with van der Waals surface area (Å²) in [6.07, 6.45) is 2.77. The minimum absolute atomic E-state index is 0.0944. The van der Waals surface area contributed by atoms with Crippen molar-refractivity contribution in [2.75, 3.05) is 19.6 Å². The number of fused-ring (bicyclic) bond motifs is 5.